The lowest BCUT2D eigenvalue weighted by atomic mass is 10.1. The third-order valence-corrected chi connectivity index (χ3v) is 2.67. The van der Waals surface area contributed by atoms with Crippen LogP contribution in [0.5, 0.6) is 0 Å². The average Bonchev–Trinajstić information content (AvgIpc) is 2.16. The van der Waals surface area contributed by atoms with E-state index in [1.807, 2.05) is 0 Å². The SMILES string of the molecule is N#Cc1cnc(C=O)c(I)c1C(F)F. The van der Waals surface area contributed by atoms with E-state index < -0.39 is 12.0 Å². The molecule has 6 heteroatoms. The predicted molar refractivity (Wildman–Crippen MR) is 52.0 cm³/mol. The van der Waals surface area contributed by atoms with Gasteiger partial charge in [-0.15, -0.1) is 0 Å². The molecule has 0 spiro atoms. The molecule has 1 aromatic heterocycles. The largest absolute Gasteiger partial charge is 0.296 e. The van der Waals surface area contributed by atoms with Crippen molar-refractivity contribution in [2.24, 2.45) is 0 Å². The summed E-state index contributed by atoms with van der Waals surface area (Å²) in [6.45, 7) is 0. The number of aromatic nitrogens is 1. The van der Waals surface area contributed by atoms with Crippen LogP contribution in [0.2, 0.25) is 0 Å². The normalized spacial score (nSPS) is 9.93. The number of alkyl halides is 2. The molecule has 0 aromatic carbocycles. The first-order chi connectivity index (χ1) is 6.61. The van der Waals surface area contributed by atoms with E-state index in [0.717, 1.165) is 6.20 Å². The maximum absolute atomic E-state index is 12.5. The first-order valence-corrected chi connectivity index (χ1v) is 4.51. The molecule has 1 aromatic rings. The summed E-state index contributed by atoms with van der Waals surface area (Å²) in [7, 11) is 0. The maximum Gasteiger partial charge on any atom is 0.266 e. The van der Waals surface area contributed by atoms with Crippen LogP contribution in [-0.2, 0) is 0 Å². The molecule has 0 amide bonds. The number of halogens is 3. The van der Waals surface area contributed by atoms with Crippen LogP contribution in [0.15, 0.2) is 6.20 Å². The van der Waals surface area contributed by atoms with E-state index in [4.69, 9.17) is 5.26 Å². The Hall–Kier alpha value is -1.10. The summed E-state index contributed by atoms with van der Waals surface area (Å²) in [5.74, 6) is 0. The van der Waals surface area contributed by atoms with E-state index in [2.05, 4.69) is 4.98 Å². The molecule has 0 aliphatic carbocycles. The number of nitrogens with zero attached hydrogens (tertiary/aromatic N) is 2. The molecule has 1 heterocycles. The highest BCUT2D eigenvalue weighted by atomic mass is 127. The van der Waals surface area contributed by atoms with E-state index in [0.29, 0.717) is 6.29 Å². The first-order valence-electron chi connectivity index (χ1n) is 3.43. The summed E-state index contributed by atoms with van der Waals surface area (Å²) in [6.07, 6.45) is -1.42. The van der Waals surface area contributed by atoms with Crippen LogP contribution < -0.4 is 0 Å². The highest BCUT2D eigenvalue weighted by Crippen LogP contribution is 2.28. The fourth-order valence-corrected chi connectivity index (χ4v) is 1.69. The Morgan fingerprint density at radius 1 is 1.64 bits per heavy atom. The lowest BCUT2D eigenvalue weighted by molar-refractivity contribution is 0.111. The Kier molecular flexibility index (Phi) is 3.46. The molecule has 1 rings (SSSR count). The van der Waals surface area contributed by atoms with Gasteiger partial charge in [0, 0.05) is 6.20 Å². The van der Waals surface area contributed by atoms with Gasteiger partial charge in [-0.2, -0.15) is 5.26 Å². The lowest BCUT2D eigenvalue weighted by Crippen LogP contribution is -2.02. The van der Waals surface area contributed by atoms with Crippen molar-refractivity contribution in [3.8, 4) is 6.07 Å². The number of pyridine rings is 1. The standard InChI is InChI=1S/C8H3F2IN2O/c9-8(10)6-4(1-12)2-13-5(3-14)7(6)11/h2-3,8H. The zero-order valence-electron chi connectivity index (χ0n) is 6.67. The van der Waals surface area contributed by atoms with Crippen LogP contribution in [-0.4, -0.2) is 11.3 Å². The Morgan fingerprint density at radius 2 is 2.29 bits per heavy atom. The molecular weight excluding hydrogens is 305 g/mol. The Bertz CT molecular complexity index is 415. The fourth-order valence-electron chi connectivity index (χ4n) is 0.901. The summed E-state index contributed by atoms with van der Waals surface area (Å²) in [4.78, 5) is 14.0. The van der Waals surface area contributed by atoms with Crippen molar-refractivity contribution in [1.29, 1.82) is 5.26 Å². The molecule has 0 aliphatic heterocycles. The summed E-state index contributed by atoms with van der Waals surface area (Å²) in [5.41, 5.74) is -0.694. The maximum atomic E-state index is 12.5. The van der Waals surface area contributed by atoms with Crippen molar-refractivity contribution < 1.29 is 13.6 Å². The van der Waals surface area contributed by atoms with Crippen LogP contribution in [0.25, 0.3) is 0 Å². The van der Waals surface area contributed by atoms with E-state index in [-0.39, 0.29) is 14.8 Å². The minimum atomic E-state index is -2.78. The van der Waals surface area contributed by atoms with E-state index >= 15 is 0 Å². The topological polar surface area (TPSA) is 53.8 Å². The van der Waals surface area contributed by atoms with Crippen molar-refractivity contribution in [1.82, 2.24) is 4.98 Å². The Morgan fingerprint density at radius 3 is 2.71 bits per heavy atom. The molecule has 72 valence electrons. The predicted octanol–water partition coefficient (Wildman–Crippen LogP) is 2.31. The Balaban J connectivity index is 3.48. The summed E-state index contributed by atoms with van der Waals surface area (Å²) in [6, 6.07) is 1.61. The van der Waals surface area contributed by atoms with Crippen LogP contribution in [0.3, 0.4) is 0 Å². The van der Waals surface area contributed by atoms with Gasteiger partial charge >= 0.3 is 0 Å². The van der Waals surface area contributed by atoms with E-state index in [1.54, 1.807) is 28.7 Å². The second-order valence-corrected chi connectivity index (χ2v) is 3.39. The number of rotatable bonds is 2. The minimum Gasteiger partial charge on any atom is -0.296 e. The third-order valence-electron chi connectivity index (χ3n) is 1.53. The highest BCUT2D eigenvalue weighted by Gasteiger charge is 2.20. The number of carbonyl (C=O) groups is 1. The van der Waals surface area contributed by atoms with Crippen LogP contribution in [0.1, 0.15) is 28.0 Å². The summed E-state index contributed by atoms with van der Waals surface area (Å²) in [5, 5.41) is 8.54. The van der Waals surface area contributed by atoms with Gasteiger partial charge in [-0.25, -0.2) is 8.78 Å². The molecule has 0 atom stereocenters. The molecule has 0 bridgehead atoms. The molecular formula is C8H3F2IN2O. The lowest BCUT2D eigenvalue weighted by Gasteiger charge is -2.06. The van der Waals surface area contributed by atoms with E-state index in [1.165, 1.54) is 0 Å². The van der Waals surface area contributed by atoms with Crippen LogP contribution >= 0.6 is 22.6 Å². The van der Waals surface area contributed by atoms with Crippen LogP contribution in [0.4, 0.5) is 8.78 Å². The van der Waals surface area contributed by atoms with Gasteiger partial charge in [-0.3, -0.25) is 9.78 Å². The summed E-state index contributed by atoms with van der Waals surface area (Å²) >= 11 is 1.58. The average molecular weight is 308 g/mol. The molecule has 0 radical (unpaired) electrons. The smallest absolute Gasteiger partial charge is 0.266 e. The molecule has 0 N–H and O–H groups in total. The number of nitriles is 1. The summed E-state index contributed by atoms with van der Waals surface area (Å²) < 4.78 is 25.0. The monoisotopic (exact) mass is 308 g/mol. The third kappa shape index (κ3) is 1.87. The molecule has 0 fully saturated rings. The van der Waals surface area contributed by atoms with Gasteiger partial charge in [0.15, 0.2) is 6.29 Å². The van der Waals surface area contributed by atoms with Gasteiger partial charge in [0.05, 0.1) is 14.7 Å². The van der Waals surface area contributed by atoms with Crippen molar-refractivity contribution in [3.05, 3.63) is 26.6 Å². The van der Waals surface area contributed by atoms with Gasteiger partial charge in [-0.1, -0.05) is 0 Å². The van der Waals surface area contributed by atoms with Crippen LogP contribution in [0, 0.1) is 14.9 Å². The van der Waals surface area contributed by atoms with Crippen molar-refractivity contribution in [3.63, 3.8) is 0 Å². The second kappa shape index (κ2) is 4.41. The zero-order valence-corrected chi connectivity index (χ0v) is 8.83. The highest BCUT2D eigenvalue weighted by molar-refractivity contribution is 14.1. The number of hydrogen-bond acceptors (Lipinski definition) is 3. The number of carbonyl (C=O) groups excluding carboxylic acids is 1. The van der Waals surface area contributed by atoms with Crippen molar-refractivity contribution in [2.75, 3.05) is 0 Å². The molecule has 3 nitrogen and oxygen atoms in total. The van der Waals surface area contributed by atoms with Gasteiger partial charge in [0.2, 0.25) is 0 Å². The van der Waals surface area contributed by atoms with Crippen molar-refractivity contribution in [2.45, 2.75) is 6.43 Å². The van der Waals surface area contributed by atoms with Gasteiger partial charge in [-0.05, 0) is 22.6 Å². The molecule has 0 saturated carbocycles. The van der Waals surface area contributed by atoms with Gasteiger partial charge < -0.3 is 0 Å². The molecule has 0 aliphatic rings. The first kappa shape index (κ1) is 11.0. The molecule has 14 heavy (non-hydrogen) atoms. The quantitative estimate of drug-likeness (QED) is 0.622. The number of aldehydes is 1. The Labute approximate surface area is 91.9 Å². The van der Waals surface area contributed by atoms with Gasteiger partial charge in [0.25, 0.3) is 6.43 Å². The van der Waals surface area contributed by atoms with Gasteiger partial charge in [0.1, 0.15) is 11.8 Å². The second-order valence-electron chi connectivity index (χ2n) is 2.32. The fraction of sp³-hybridized carbons (Fsp3) is 0.125. The molecule has 0 saturated heterocycles. The van der Waals surface area contributed by atoms with E-state index in [9.17, 15) is 13.6 Å². The minimum absolute atomic E-state index is 0.0339. The number of hydrogen-bond donors (Lipinski definition) is 0. The molecule has 0 unspecified atom stereocenters. The zero-order chi connectivity index (χ0) is 10.7. The van der Waals surface area contributed by atoms with Crippen molar-refractivity contribution >= 4 is 28.9 Å².